The minimum absolute atomic E-state index is 0.214. The maximum atomic E-state index is 14.7. The lowest BCUT2D eigenvalue weighted by atomic mass is 9.71. The number of aliphatic hydroxyl groups is 1. The number of carboxylic acids is 1. The molecule has 3 heterocycles. The van der Waals surface area contributed by atoms with Crippen LogP contribution in [0.5, 0.6) is 0 Å². The summed E-state index contributed by atoms with van der Waals surface area (Å²) in [5.74, 6) is -3.32. The maximum Gasteiger partial charge on any atom is 0.308 e. The number of nitrogens with zero attached hydrogens (tertiary/aromatic N) is 3. The zero-order valence-electron chi connectivity index (χ0n) is 23.0. The Morgan fingerprint density at radius 3 is 2.35 bits per heavy atom. The number of hydrogen-bond acceptors (Lipinski definition) is 6. The molecule has 2 amide bonds. The second-order valence-electron chi connectivity index (χ2n) is 10.7. The average Bonchev–Trinajstić information content (AvgIpc) is 3.61. The number of carbonyl (C=O) groups is 3. The van der Waals surface area contributed by atoms with E-state index < -0.39 is 34.6 Å². The van der Waals surface area contributed by atoms with Crippen molar-refractivity contribution in [3.05, 3.63) is 72.8 Å². The summed E-state index contributed by atoms with van der Waals surface area (Å²) in [5.41, 5.74) is 2.44. The minimum atomic E-state index is -0.999. The Morgan fingerprint density at radius 1 is 1.12 bits per heavy atom. The van der Waals surface area contributed by atoms with Gasteiger partial charge in [-0.05, 0) is 56.5 Å². The van der Waals surface area contributed by atoms with Gasteiger partial charge in [0.2, 0.25) is 5.91 Å². The summed E-state index contributed by atoms with van der Waals surface area (Å²) in [6, 6.07) is 15.3. The number of carboxylic acid groups (broad SMARTS) is 1. The molecule has 3 aliphatic rings. The molecule has 0 radical (unpaired) electrons. The number of fused-ring (bicyclic) bond motifs is 1. The number of anilines is 2. The molecule has 3 saturated heterocycles. The van der Waals surface area contributed by atoms with Crippen molar-refractivity contribution < 1.29 is 24.6 Å². The molecule has 2 N–H and O–H groups in total. The first kappa shape index (κ1) is 28.2. The fourth-order valence-corrected chi connectivity index (χ4v) is 9.24. The Morgan fingerprint density at radius 2 is 1.77 bits per heavy atom. The first-order valence-electron chi connectivity index (χ1n) is 14.0. The Kier molecular flexibility index (Phi) is 7.97. The van der Waals surface area contributed by atoms with Crippen molar-refractivity contribution in [2.45, 2.75) is 48.8 Å². The molecule has 2 bridgehead atoms. The van der Waals surface area contributed by atoms with Crippen LogP contribution >= 0.6 is 11.8 Å². The highest BCUT2D eigenvalue weighted by atomic mass is 32.2. The summed E-state index contributed by atoms with van der Waals surface area (Å²) >= 11 is 1.49. The van der Waals surface area contributed by atoms with E-state index in [2.05, 4.69) is 25.3 Å². The first-order chi connectivity index (χ1) is 19.3. The molecular weight excluding hydrogens is 526 g/mol. The van der Waals surface area contributed by atoms with Gasteiger partial charge in [-0.25, -0.2) is 0 Å². The highest BCUT2D eigenvalue weighted by Crippen LogP contribution is 2.67. The highest BCUT2D eigenvalue weighted by molar-refractivity contribution is 8.02. The molecule has 1 spiro atoms. The van der Waals surface area contributed by atoms with Gasteiger partial charge in [0.15, 0.2) is 0 Å². The predicted molar refractivity (Wildman–Crippen MR) is 157 cm³/mol. The molecule has 0 saturated carbocycles. The minimum Gasteiger partial charge on any atom is -0.481 e. The normalized spacial score (nSPS) is 27.4. The number of aliphatic hydroxyl groups excluding tert-OH is 1. The summed E-state index contributed by atoms with van der Waals surface area (Å²) in [6.07, 6.45) is 2.87. The van der Waals surface area contributed by atoms with Gasteiger partial charge < -0.3 is 24.9 Å². The molecule has 2 unspecified atom stereocenters. The number of carbonyl (C=O) groups excluding carboxylic acids is 2. The lowest BCUT2D eigenvalue weighted by molar-refractivity contribution is -0.149. The third-order valence-electron chi connectivity index (χ3n) is 8.82. The summed E-state index contributed by atoms with van der Waals surface area (Å²) in [5, 5.41) is 20.5. The van der Waals surface area contributed by atoms with Crippen LogP contribution in [-0.2, 0) is 14.4 Å². The van der Waals surface area contributed by atoms with Gasteiger partial charge in [0.05, 0.1) is 29.2 Å². The topological polar surface area (TPSA) is 101 Å². The fourth-order valence-electron chi connectivity index (χ4n) is 7.05. The fraction of sp³-hybridized carbons (Fsp3) is 0.452. The third kappa shape index (κ3) is 4.39. The van der Waals surface area contributed by atoms with Crippen molar-refractivity contribution in [3.63, 3.8) is 0 Å². The van der Waals surface area contributed by atoms with E-state index in [4.69, 9.17) is 0 Å². The molecule has 40 heavy (non-hydrogen) atoms. The Bertz CT molecular complexity index is 1270. The number of thioether (sulfide) groups is 1. The molecule has 0 aromatic heterocycles. The molecule has 5 rings (SSSR count). The second kappa shape index (κ2) is 11.3. The van der Waals surface area contributed by atoms with Crippen LogP contribution < -0.4 is 9.80 Å². The first-order valence-corrected chi connectivity index (χ1v) is 14.9. The Balaban J connectivity index is 1.60. The highest BCUT2D eigenvalue weighted by Gasteiger charge is 2.74. The van der Waals surface area contributed by atoms with Crippen molar-refractivity contribution in [1.82, 2.24) is 4.90 Å². The Labute approximate surface area is 239 Å². The summed E-state index contributed by atoms with van der Waals surface area (Å²) < 4.78 is -0.870. The van der Waals surface area contributed by atoms with Gasteiger partial charge in [0.25, 0.3) is 5.91 Å². The van der Waals surface area contributed by atoms with Crippen LogP contribution in [0.1, 0.15) is 38.3 Å². The van der Waals surface area contributed by atoms with Crippen molar-refractivity contribution in [3.8, 4) is 0 Å². The number of amides is 2. The largest absolute Gasteiger partial charge is 0.481 e. The molecule has 3 fully saturated rings. The summed E-state index contributed by atoms with van der Waals surface area (Å²) in [4.78, 5) is 46.7. The number of likely N-dealkylation sites (tertiary alicyclic amines) is 1. The molecule has 8 nitrogen and oxygen atoms in total. The van der Waals surface area contributed by atoms with Gasteiger partial charge in [-0.1, -0.05) is 36.4 Å². The summed E-state index contributed by atoms with van der Waals surface area (Å²) in [7, 11) is 0. The van der Waals surface area contributed by atoms with E-state index in [0.29, 0.717) is 24.1 Å². The van der Waals surface area contributed by atoms with E-state index in [1.807, 2.05) is 54.6 Å². The van der Waals surface area contributed by atoms with Gasteiger partial charge in [0.1, 0.15) is 6.04 Å². The molecule has 0 aliphatic carbocycles. The molecule has 9 heteroatoms. The SMILES string of the molecule is C=CCN(C(=O)C1N([C@H](CO)c2ccccc2)C(=O)[C@@H]2[C@@H](C(=O)O)[C@H]3CCC12S3)c1ccc(N(CC)CC)cc1. The summed E-state index contributed by atoms with van der Waals surface area (Å²) in [6.45, 7) is 9.64. The van der Waals surface area contributed by atoms with Gasteiger partial charge in [-0.15, -0.1) is 18.3 Å². The molecule has 3 aliphatic heterocycles. The molecule has 2 aromatic rings. The van der Waals surface area contributed by atoms with Crippen LogP contribution in [0.25, 0.3) is 0 Å². The molecule has 6 atom stereocenters. The number of benzene rings is 2. The van der Waals surface area contributed by atoms with E-state index in [-0.39, 0.29) is 30.2 Å². The van der Waals surface area contributed by atoms with Crippen LogP contribution in [0, 0.1) is 11.8 Å². The smallest absolute Gasteiger partial charge is 0.308 e. The van der Waals surface area contributed by atoms with Crippen molar-refractivity contribution in [2.75, 3.05) is 36.0 Å². The van der Waals surface area contributed by atoms with E-state index in [0.717, 1.165) is 18.8 Å². The van der Waals surface area contributed by atoms with Crippen LogP contribution in [-0.4, -0.2) is 75.2 Å². The average molecular weight is 564 g/mol. The van der Waals surface area contributed by atoms with Crippen LogP contribution in [0.15, 0.2) is 67.3 Å². The van der Waals surface area contributed by atoms with Gasteiger partial charge in [-0.3, -0.25) is 14.4 Å². The standard InChI is InChI=1S/C31H37N3O5S/c1-4-18-33(22-14-12-21(13-15-22)32(5-2)6-3)29(37)27-31-17-16-24(40-31)25(30(38)39)26(31)28(36)34(27)23(19-35)20-10-8-7-9-11-20/h4,7-15,23-27,35H,1,5-6,16-19H2,2-3H3,(H,38,39)/t23-,24-,25+,26+,27?,31?/m1/s1. The zero-order valence-corrected chi connectivity index (χ0v) is 23.8. The van der Waals surface area contributed by atoms with Gasteiger partial charge in [-0.2, -0.15) is 0 Å². The maximum absolute atomic E-state index is 14.7. The zero-order chi connectivity index (χ0) is 28.6. The Hall–Kier alpha value is -3.30. The van der Waals surface area contributed by atoms with Crippen LogP contribution in [0.3, 0.4) is 0 Å². The van der Waals surface area contributed by atoms with E-state index in [9.17, 15) is 24.6 Å². The second-order valence-corrected chi connectivity index (χ2v) is 12.3. The van der Waals surface area contributed by atoms with Gasteiger partial charge in [0, 0.05) is 36.3 Å². The van der Waals surface area contributed by atoms with Crippen molar-refractivity contribution in [2.24, 2.45) is 11.8 Å². The number of rotatable bonds is 11. The third-order valence-corrected chi connectivity index (χ3v) is 10.8. The van der Waals surface area contributed by atoms with Gasteiger partial charge >= 0.3 is 5.97 Å². The number of aliphatic carboxylic acids is 1. The number of hydrogen-bond donors (Lipinski definition) is 2. The lowest BCUT2D eigenvalue weighted by Gasteiger charge is -2.39. The van der Waals surface area contributed by atoms with E-state index >= 15 is 0 Å². The quantitative estimate of drug-likeness (QED) is 0.399. The molecule has 2 aromatic carbocycles. The van der Waals surface area contributed by atoms with Crippen molar-refractivity contribution >= 4 is 40.9 Å². The van der Waals surface area contributed by atoms with Crippen molar-refractivity contribution in [1.29, 1.82) is 0 Å². The van der Waals surface area contributed by atoms with E-state index in [1.165, 1.54) is 16.7 Å². The monoisotopic (exact) mass is 563 g/mol. The van der Waals surface area contributed by atoms with Crippen LogP contribution in [0.2, 0.25) is 0 Å². The molecular formula is C31H37N3O5S. The molecule has 212 valence electrons. The predicted octanol–water partition coefficient (Wildman–Crippen LogP) is 3.96. The lowest BCUT2D eigenvalue weighted by Crippen LogP contribution is -2.56. The van der Waals surface area contributed by atoms with Crippen LogP contribution in [0.4, 0.5) is 11.4 Å². The van der Waals surface area contributed by atoms with E-state index in [1.54, 1.807) is 11.0 Å².